The van der Waals surface area contributed by atoms with E-state index >= 15 is 0 Å². The molecule has 0 radical (unpaired) electrons. The molecule has 0 aliphatic rings. The maximum Gasteiger partial charge on any atom is 0.237 e. The van der Waals surface area contributed by atoms with Gasteiger partial charge in [-0.25, -0.2) is 0 Å². The number of aromatic nitrogens is 3. The Balaban J connectivity index is 1.52. The van der Waals surface area contributed by atoms with Crippen molar-refractivity contribution in [3.8, 4) is 5.75 Å². The van der Waals surface area contributed by atoms with E-state index in [1.165, 1.54) is 11.8 Å². The second-order valence-electron chi connectivity index (χ2n) is 5.95. The zero-order chi connectivity index (χ0) is 19.1. The molecule has 0 unspecified atom stereocenters. The summed E-state index contributed by atoms with van der Waals surface area (Å²) in [4.78, 5) is 12.4. The van der Waals surface area contributed by atoms with Gasteiger partial charge in [0.1, 0.15) is 18.7 Å². The van der Waals surface area contributed by atoms with Crippen molar-refractivity contribution in [2.75, 3.05) is 5.32 Å². The molecule has 0 bridgehead atoms. The van der Waals surface area contributed by atoms with Crippen LogP contribution >= 0.6 is 11.8 Å². The summed E-state index contributed by atoms with van der Waals surface area (Å²) in [5.74, 6) is 0.680. The third kappa shape index (κ3) is 5.34. The molecule has 0 aliphatic carbocycles. The minimum atomic E-state index is -0.284. The van der Waals surface area contributed by atoms with Crippen molar-refractivity contribution in [3.63, 3.8) is 0 Å². The summed E-state index contributed by atoms with van der Waals surface area (Å²) in [7, 11) is 0. The third-order valence-electron chi connectivity index (χ3n) is 3.94. The van der Waals surface area contributed by atoms with Crippen molar-refractivity contribution in [2.45, 2.75) is 37.4 Å². The van der Waals surface area contributed by atoms with Crippen LogP contribution in [0.5, 0.6) is 5.75 Å². The first-order valence-electron chi connectivity index (χ1n) is 8.78. The van der Waals surface area contributed by atoms with E-state index in [1.54, 1.807) is 6.33 Å². The van der Waals surface area contributed by atoms with Gasteiger partial charge >= 0.3 is 0 Å². The quantitative estimate of drug-likeness (QED) is 0.597. The molecule has 140 valence electrons. The summed E-state index contributed by atoms with van der Waals surface area (Å²) in [6, 6.07) is 17.4. The summed E-state index contributed by atoms with van der Waals surface area (Å²) in [5.41, 5.74) is 1.84. The highest BCUT2D eigenvalue weighted by Gasteiger charge is 2.17. The average molecular weight is 382 g/mol. The highest BCUT2D eigenvalue weighted by molar-refractivity contribution is 8.00. The van der Waals surface area contributed by atoms with Gasteiger partial charge in [-0.15, -0.1) is 10.2 Å². The van der Waals surface area contributed by atoms with Gasteiger partial charge in [0.25, 0.3) is 0 Å². The van der Waals surface area contributed by atoms with Gasteiger partial charge in [-0.05, 0) is 43.7 Å². The number of nitrogens with zero attached hydrogens (tertiary/aromatic N) is 3. The SMILES string of the molecule is CCn1cnnc1S[C@H](C)C(=O)Nc1ccc(OCc2ccccc2)cc1. The number of carbonyl (C=O) groups is 1. The van der Waals surface area contributed by atoms with Gasteiger partial charge in [0.05, 0.1) is 5.25 Å². The second-order valence-corrected chi connectivity index (χ2v) is 7.26. The fourth-order valence-corrected chi connectivity index (χ4v) is 3.27. The molecule has 3 rings (SSSR count). The standard InChI is InChI=1S/C20H22N4O2S/c1-3-24-14-21-23-20(24)27-15(2)19(25)22-17-9-11-18(12-10-17)26-13-16-7-5-4-6-8-16/h4-12,14-15H,3,13H2,1-2H3,(H,22,25)/t15-/m1/s1. The van der Waals surface area contributed by atoms with Crippen molar-refractivity contribution in [1.82, 2.24) is 14.8 Å². The van der Waals surface area contributed by atoms with Crippen molar-refractivity contribution < 1.29 is 9.53 Å². The molecular weight excluding hydrogens is 360 g/mol. The predicted octanol–water partition coefficient (Wildman–Crippen LogP) is 4.00. The van der Waals surface area contributed by atoms with E-state index in [2.05, 4.69) is 15.5 Å². The smallest absolute Gasteiger partial charge is 0.237 e. The second kappa shape index (κ2) is 9.23. The van der Waals surface area contributed by atoms with Crippen LogP contribution in [-0.4, -0.2) is 25.9 Å². The Morgan fingerprint density at radius 1 is 1.19 bits per heavy atom. The van der Waals surface area contributed by atoms with Crippen LogP contribution in [0, 0.1) is 0 Å². The largest absolute Gasteiger partial charge is 0.489 e. The van der Waals surface area contributed by atoms with E-state index in [0.29, 0.717) is 6.61 Å². The topological polar surface area (TPSA) is 69.0 Å². The zero-order valence-electron chi connectivity index (χ0n) is 15.3. The van der Waals surface area contributed by atoms with Gasteiger partial charge in [-0.3, -0.25) is 4.79 Å². The Morgan fingerprint density at radius 2 is 1.93 bits per heavy atom. The van der Waals surface area contributed by atoms with Crippen molar-refractivity contribution in [1.29, 1.82) is 0 Å². The van der Waals surface area contributed by atoms with Gasteiger partial charge in [-0.2, -0.15) is 0 Å². The summed E-state index contributed by atoms with van der Waals surface area (Å²) in [6.45, 7) is 5.15. The Labute approximate surface area is 163 Å². The van der Waals surface area contributed by atoms with Crippen molar-refractivity contribution in [3.05, 3.63) is 66.5 Å². The van der Waals surface area contributed by atoms with Crippen LogP contribution in [0.3, 0.4) is 0 Å². The molecule has 1 aromatic heterocycles. The Bertz CT molecular complexity index is 865. The lowest BCUT2D eigenvalue weighted by Crippen LogP contribution is -2.22. The highest BCUT2D eigenvalue weighted by atomic mass is 32.2. The summed E-state index contributed by atoms with van der Waals surface area (Å²) >= 11 is 1.39. The number of carbonyl (C=O) groups excluding carboxylic acids is 1. The van der Waals surface area contributed by atoms with Gasteiger partial charge in [0, 0.05) is 12.2 Å². The first kappa shape index (κ1) is 19.0. The fourth-order valence-electron chi connectivity index (χ4n) is 2.38. The molecule has 0 saturated carbocycles. The summed E-state index contributed by atoms with van der Waals surface area (Å²) in [6.07, 6.45) is 1.67. The van der Waals surface area contributed by atoms with Crippen LogP contribution in [0.15, 0.2) is 66.1 Å². The maximum absolute atomic E-state index is 12.4. The molecule has 0 aliphatic heterocycles. The number of amides is 1. The van der Waals surface area contributed by atoms with Gasteiger partial charge in [0.2, 0.25) is 5.91 Å². The molecule has 7 heteroatoms. The number of ether oxygens (including phenoxy) is 1. The molecule has 3 aromatic rings. The van der Waals surface area contributed by atoms with Crippen LogP contribution in [0.1, 0.15) is 19.4 Å². The van der Waals surface area contributed by atoms with Gasteiger partial charge in [0.15, 0.2) is 5.16 Å². The average Bonchev–Trinajstić information content (AvgIpc) is 3.15. The normalized spacial score (nSPS) is 11.8. The van der Waals surface area contributed by atoms with E-state index in [1.807, 2.05) is 73.0 Å². The Hall–Kier alpha value is -2.80. The lowest BCUT2D eigenvalue weighted by molar-refractivity contribution is -0.115. The number of anilines is 1. The zero-order valence-corrected chi connectivity index (χ0v) is 16.1. The lowest BCUT2D eigenvalue weighted by Gasteiger charge is -2.12. The van der Waals surface area contributed by atoms with Gasteiger partial charge < -0.3 is 14.6 Å². The van der Waals surface area contributed by atoms with Crippen LogP contribution in [-0.2, 0) is 17.9 Å². The van der Waals surface area contributed by atoms with E-state index in [0.717, 1.165) is 28.7 Å². The van der Waals surface area contributed by atoms with Crippen molar-refractivity contribution >= 4 is 23.4 Å². The minimum absolute atomic E-state index is 0.0800. The summed E-state index contributed by atoms with van der Waals surface area (Å²) < 4.78 is 7.67. The molecule has 1 N–H and O–H groups in total. The molecule has 0 spiro atoms. The van der Waals surface area contributed by atoms with Crippen LogP contribution < -0.4 is 10.1 Å². The Morgan fingerprint density at radius 3 is 2.63 bits per heavy atom. The van der Waals surface area contributed by atoms with E-state index in [-0.39, 0.29) is 11.2 Å². The number of nitrogens with one attached hydrogen (secondary N) is 1. The monoisotopic (exact) mass is 382 g/mol. The van der Waals surface area contributed by atoms with Crippen LogP contribution in [0.4, 0.5) is 5.69 Å². The Kier molecular flexibility index (Phi) is 6.49. The molecule has 27 heavy (non-hydrogen) atoms. The molecule has 0 fully saturated rings. The minimum Gasteiger partial charge on any atom is -0.489 e. The first-order chi connectivity index (χ1) is 13.2. The molecule has 6 nitrogen and oxygen atoms in total. The first-order valence-corrected chi connectivity index (χ1v) is 9.65. The highest BCUT2D eigenvalue weighted by Crippen LogP contribution is 2.23. The van der Waals surface area contributed by atoms with Gasteiger partial charge in [-0.1, -0.05) is 42.1 Å². The molecule has 1 amide bonds. The number of hydrogen-bond donors (Lipinski definition) is 1. The van der Waals surface area contributed by atoms with E-state index in [4.69, 9.17) is 4.74 Å². The molecule has 1 atom stereocenters. The van der Waals surface area contributed by atoms with Crippen molar-refractivity contribution in [2.24, 2.45) is 0 Å². The molecule has 0 saturated heterocycles. The number of aryl methyl sites for hydroxylation is 1. The number of rotatable bonds is 8. The van der Waals surface area contributed by atoms with Crippen LogP contribution in [0.25, 0.3) is 0 Å². The molecule has 2 aromatic carbocycles. The lowest BCUT2D eigenvalue weighted by atomic mass is 10.2. The van der Waals surface area contributed by atoms with Crippen LogP contribution in [0.2, 0.25) is 0 Å². The maximum atomic E-state index is 12.4. The number of thioether (sulfide) groups is 1. The molecule has 1 heterocycles. The molecular formula is C20H22N4O2S. The predicted molar refractivity (Wildman–Crippen MR) is 107 cm³/mol. The number of benzene rings is 2. The third-order valence-corrected chi connectivity index (χ3v) is 5.04. The summed E-state index contributed by atoms with van der Waals surface area (Å²) in [5, 5.41) is 11.3. The van der Waals surface area contributed by atoms with E-state index < -0.39 is 0 Å². The number of hydrogen-bond acceptors (Lipinski definition) is 5. The fraction of sp³-hybridized carbons (Fsp3) is 0.250. The van der Waals surface area contributed by atoms with E-state index in [9.17, 15) is 4.79 Å².